The molecule has 0 saturated heterocycles. The highest BCUT2D eigenvalue weighted by atomic mass is 16.5. The van der Waals surface area contributed by atoms with Gasteiger partial charge < -0.3 is 10.3 Å². The summed E-state index contributed by atoms with van der Waals surface area (Å²) in [5.41, 5.74) is 4.31. The molecule has 0 aliphatic carbocycles. The molecule has 1 rings (SSSR count). The first-order valence-electron chi connectivity index (χ1n) is 1.60. The van der Waals surface area contributed by atoms with Crippen molar-refractivity contribution in [1.29, 1.82) is 0 Å². The maximum absolute atomic E-state index is 9.95. The van der Waals surface area contributed by atoms with E-state index in [4.69, 9.17) is 5.73 Å². The van der Waals surface area contributed by atoms with Crippen molar-refractivity contribution >= 4 is 6.01 Å². The number of aromatic nitrogens is 2. The van der Waals surface area contributed by atoms with E-state index in [1.165, 1.54) is 0 Å². The molecule has 5 heteroatoms. The lowest BCUT2D eigenvalue weighted by atomic mass is 11.2. The van der Waals surface area contributed by atoms with Crippen molar-refractivity contribution in [3.8, 4) is 0 Å². The Labute approximate surface area is 38.1 Å². The lowest BCUT2D eigenvalue weighted by molar-refractivity contribution is 0.429. The maximum atomic E-state index is 9.95. The van der Waals surface area contributed by atoms with Crippen molar-refractivity contribution in [2.75, 3.05) is 5.73 Å². The average molecular weight is 101 g/mol. The standard InChI is InChI=1S/C2H3N3O2/c3-1-4-2(6)5-7-1/h(H3,3,4,5,6). The van der Waals surface area contributed by atoms with Crippen LogP contribution in [0.15, 0.2) is 9.32 Å². The minimum Gasteiger partial charge on any atom is -0.351 e. The molecule has 0 aliphatic heterocycles. The number of hydrogen-bond acceptors (Lipinski definition) is 4. The number of H-pyrrole nitrogens is 1. The number of aromatic amines is 1. The fourth-order valence-corrected chi connectivity index (χ4v) is 0.242. The van der Waals surface area contributed by atoms with Gasteiger partial charge in [0.05, 0.1) is 0 Å². The van der Waals surface area contributed by atoms with Crippen molar-refractivity contribution in [1.82, 2.24) is 10.1 Å². The molecule has 38 valence electrons. The molecule has 0 amide bonds. The molecular weight excluding hydrogens is 98.0 g/mol. The third-order valence-corrected chi connectivity index (χ3v) is 0.455. The number of nitrogens with zero attached hydrogens (tertiary/aromatic N) is 1. The molecule has 1 aromatic rings. The van der Waals surface area contributed by atoms with Crippen molar-refractivity contribution in [2.45, 2.75) is 0 Å². The molecular formula is C2H3N3O2. The minimum absolute atomic E-state index is 0.134. The summed E-state index contributed by atoms with van der Waals surface area (Å²) in [5, 5.41) is 1.90. The lowest BCUT2D eigenvalue weighted by Gasteiger charge is -1.65. The van der Waals surface area contributed by atoms with Crippen LogP contribution in [-0.2, 0) is 0 Å². The van der Waals surface area contributed by atoms with Crippen molar-refractivity contribution in [3.63, 3.8) is 0 Å². The Morgan fingerprint density at radius 1 is 1.86 bits per heavy atom. The second kappa shape index (κ2) is 1.11. The molecule has 3 N–H and O–H groups in total. The monoisotopic (exact) mass is 101 g/mol. The second-order valence-electron chi connectivity index (χ2n) is 0.959. The van der Waals surface area contributed by atoms with Crippen LogP contribution in [0.4, 0.5) is 6.01 Å². The van der Waals surface area contributed by atoms with Crippen molar-refractivity contribution in [2.24, 2.45) is 0 Å². The quantitative estimate of drug-likeness (QED) is 0.436. The van der Waals surface area contributed by atoms with Crippen LogP contribution in [0.1, 0.15) is 0 Å². The molecule has 0 fully saturated rings. The zero-order valence-corrected chi connectivity index (χ0v) is 3.34. The van der Waals surface area contributed by atoms with Gasteiger partial charge in [-0.3, -0.25) is 0 Å². The van der Waals surface area contributed by atoms with Gasteiger partial charge in [-0.1, -0.05) is 0 Å². The van der Waals surface area contributed by atoms with Gasteiger partial charge in [-0.2, -0.15) is 5.16 Å². The third-order valence-electron chi connectivity index (χ3n) is 0.455. The van der Waals surface area contributed by atoms with Crippen LogP contribution in [-0.4, -0.2) is 10.1 Å². The number of hydrogen-bond donors (Lipinski definition) is 2. The number of nitrogens with two attached hydrogens (primary N) is 1. The predicted molar refractivity (Wildman–Crippen MR) is 21.5 cm³/mol. The van der Waals surface area contributed by atoms with E-state index in [1.807, 2.05) is 5.16 Å². The Bertz CT molecular complexity index is 199. The van der Waals surface area contributed by atoms with Crippen LogP contribution < -0.4 is 11.4 Å². The van der Waals surface area contributed by atoms with Gasteiger partial charge >= 0.3 is 11.7 Å². The van der Waals surface area contributed by atoms with Gasteiger partial charge in [0, 0.05) is 0 Å². The summed E-state index contributed by atoms with van der Waals surface area (Å²) in [7, 11) is 0. The fourth-order valence-electron chi connectivity index (χ4n) is 0.242. The molecule has 0 atom stereocenters. The maximum Gasteiger partial charge on any atom is 0.378 e. The first-order valence-corrected chi connectivity index (χ1v) is 1.60. The third kappa shape index (κ3) is 0.594. The highest BCUT2D eigenvalue weighted by Crippen LogP contribution is 1.80. The van der Waals surface area contributed by atoms with E-state index >= 15 is 0 Å². The topological polar surface area (TPSA) is 84.9 Å². The van der Waals surface area contributed by atoms with Gasteiger partial charge in [0.2, 0.25) is 0 Å². The van der Waals surface area contributed by atoms with Gasteiger partial charge in [-0.05, 0) is 0 Å². The summed E-state index contributed by atoms with van der Waals surface area (Å²) in [6, 6.07) is -0.134. The Morgan fingerprint density at radius 3 is 2.71 bits per heavy atom. The Kier molecular flexibility index (Phi) is 0.619. The highest BCUT2D eigenvalue weighted by Gasteiger charge is 1.87. The second-order valence-corrected chi connectivity index (χ2v) is 0.959. The van der Waals surface area contributed by atoms with Gasteiger partial charge in [-0.25, -0.2) is 4.79 Å². The molecule has 1 heterocycles. The van der Waals surface area contributed by atoms with Crippen molar-refractivity contribution < 1.29 is 4.52 Å². The van der Waals surface area contributed by atoms with Crippen LogP contribution in [0, 0.1) is 0 Å². The van der Waals surface area contributed by atoms with Crippen LogP contribution in [0.25, 0.3) is 0 Å². The van der Waals surface area contributed by atoms with E-state index in [-0.39, 0.29) is 6.01 Å². The molecule has 0 aromatic carbocycles. The highest BCUT2D eigenvalue weighted by molar-refractivity contribution is 5.02. The van der Waals surface area contributed by atoms with Crippen LogP contribution >= 0.6 is 0 Å². The van der Waals surface area contributed by atoms with Gasteiger partial charge in [0.25, 0.3) is 0 Å². The van der Waals surface area contributed by atoms with Crippen LogP contribution in [0.2, 0.25) is 0 Å². The number of nitrogen functional groups attached to an aromatic ring is 1. The number of rotatable bonds is 0. The Morgan fingerprint density at radius 2 is 2.57 bits per heavy atom. The molecule has 5 nitrogen and oxygen atoms in total. The Balaban J connectivity index is 3.30. The summed E-state index contributed by atoms with van der Waals surface area (Å²) in [5.74, 6) is 0. The Hall–Kier alpha value is -1.26. The summed E-state index contributed by atoms with van der Waals surface area (Å²) in [4.78, 5) is 13.1. The van der Waals surface area contributed by atoms with Crippen LogP contribution in [0.3, 0.4) is 0 Å². The molecule has 0 aliphatic rings. The lowest BCUT2D eigenvalue weighted by Crippen LogP contribution is -2.00. The van der Waals surface area contributed by atoms with E-state index in [1.54, 1.807) is 0 Å². The molecule has 0 spiro atoms. The molecule has 0 unspecified atom stereocenters. The van der Waals surface area contributed by atoms with E-state index in [9.17, 15) is 4.79 Å². The minimum atomic E-state index is -0.558. The van der Waals surface area contributed by atoms with E-state index < -0.39 is 5.69 Å². The van der Waals surface area contributed by atoms with Gasteiger partial charge in [0.15, 0.2) is 0 Å². The predicted octanol–water partition coefficient (Wildman–Crippen LogP) is -1.05. The van der Waals surface area contributed by atoms with E-state index in [2.05, 4.69) is 9.51 Å². The molecule has 0 saturated carbocycles. The summed E-state index contributed by atoms with van der Waals surface area (Å²) in [6.45, 7) is 0. The SMILES string of the molecule is Nc1nc(=O)[nH]o1. The number of nitrogens with one attached hydrogen (secondary N) is 1. The largest absolute Gasteiger partial charge is 0.378 e. The average Bonchev–Trinajstić information content (AvgIpc) is 1.87. The van der Waals surface area contributed by atoms with E-state index in [0.29, 0.717) is 0 Å². The van der Waals surface area contributed by atoms with Gasteiger partial charge in [-0.15, -0.1) is 4.98 Å². The molecule has 1 aromatic heterocycles. The molecule has 0 radical (unpaired) electrons. The first-order chi connectivity index (χ1) is 3.29. The summed E-state index contributed by atoms with van der Waals surface area (Å²) >= 11 is 0. The smallest absolute Gasteiger partial charge is 0.351 e. The molecule has 7 heavy (non-hydrogen) atoms. The van der Waals surface area contributed by atoms with Crippen LogP contribution in [0.5, 0.6) is 0 Å². The van der Waals surface area contributed by atoms with Gasteiger partial charge in [0.1, 0.15) is 0 Å². The summed E-state index contributed by atoms with van der Waals surface area (Å²) < 4.78 is 4.19. The fraction of sp³-hybridized carbons (Fsp3) is 0. The first kappa shape index (κ1) is 3.91. The zero-order chi connectivity index (χ0) is 5.28. The summed E-state index contributed by atoms with van der Waals surface area (Å²) in [6.07, 6.45) is 0. The normalized spacial score (nSPS) is 9.14. The number of anilines is 1. The van der Waals surface area contributed by atoms with Crippen molar-refractivity contribution in [3.05, 3.63) is 10.5 Å². The van der Waals surface area contributed by atoms with E-state index in [0.717, 1.165) is 0 Å². The zero-order valence-electron chi connectivity index (χ0n) is 3.34. The molecule has 0 bridgehead atoms.